The maximum absolute atomic E-state index is 13.3. The van der Waals surface area contributed by atoms with Gasteiger partial charge in [0.25, 0.3) is 17.7 Å². The number of nitrogens with zero attached hydrogens (tertiary/aromatic N) is 4. The Bertz CT molecular complexity index is 2250. The number of likely N-dealkylation sites (tertiary alicyclic amines) is 1. The van der Waals surface area contributed by atoms with Crippen molar-refractivity contribution < 1.29 is 14.4 Å². The van der Waals surface area contributed by atoms with Crippen LogP contribution in [-0.4, -0.2) is 64.3 Å². The van der Waals surface area contributed by atoms with Crippen LogP contribution in [0, 0.1) is 12.8 Å². The highest BCUT2D eigenvalue weighted by Gasteiger charge is 2.17. The minimum Gasteiger partial charge on any atom is -0.352 e. The molecular weight excluding hydrogens is 717 g/mol. The van der Waals surface area contributed by atoms with E-state index in [0.717, 1.165) is 40.4 Å². The van der Waals surface area contributed by atoms with Gasteiger partial charge in [0.15, 0.2) is 0 Å². The quantitative estimate of drug-likeness (QED) is 0.0977. The molecule has 13 heteroatoms. The predicted molar refractivity (Wildman–Crippen MR) is 217 cm³/mol. The summed E-state index contributed by atoms with van der Waals surface area (Å²) in [5, 5.41) is 14.1. The van der Waals surface area contributed by atoms with E-state index in [1.807, 2.05) is 79.0 Å². The standard InChI is InChI=1S/C41H40N8O3S2/c1-26-5-10-31(45-39(51)30-22-32(25-42-24-30)46-40(52)37-12-11-36(54-37)35-4-3-21-53-35)23-34(26)48-41-44-18-14-33(47-41)28-6-8-29(9-7-28)38(50)43-17-13-27-15-19-49(2)20-16-27/h3-12,14,18,21-25,27H,13,15-17,19-20H2,1-2H3,(H,43,50)(H,45,51)(H,46,52)(H,44,47,48). The SMILES string of the molecule is Cc1ccc(NC(=O)c2cncc(NC(=O)c3ccc(-c4cccs4)s3)c2)cc1Nc1nccc(-c2ccc(C(=O)NCCC3CCN(C)CC3)cc2)n1. The predicted octanol–water partition coefficient (Wildman–Crippen LogP) is 8.35. The van der Waals surface area contributed by atoms with Crippen molar-refractivity contribution in [2.75, 3.05) is 42.6 Å². The number of piperidine rings is 1. The number of nitrogens with one attached hydrogen (secondary N) is 4. The molecule has 0 atom stereocenters. The van der Waals surface area contributed by atoms with Crippen molar-refractivity contribution >= 4 is 63.4 Å². The molecule has 2 aromatic carbocycles. The molecule has 54 heavy (non-hydrogen) atoms. The van der Waals surface area contributed by atoms with Gasteiger partial charge in [-0.15, -0.1) is 22.7 Å². The zero-order valence-electron chi connectivity index (χ0n) is 30.0. The smallest absolute Gasteiger partial charge is 0.265 e. The van der Waals surface area contributed by atoms with Crippen molar-refractivity contribution in [1.29, 1.82) is 0 Å². The number of benzene rings is 2. The molecule has 6 aromatic rings. The molecular formula is C41H40N8O3S2. The Kier molecular flexibility index (Phi) is 11.5. The number of carbonyl (C=O) groups is 3. The van der Waals surface area contributed by atoms with Crippen molar-refractivity contribution in [2.24, 2.45) is 5.92 Å². The fourth-order valence-electron chi connectivity index (χ4n) is 6.21. The Balaban J connectivity index is 0.948. The van der Waals surface area contributed by atoms with E-state index >= 15 is 0 Å². The molecule has 0 bridgehead atoms. The summed E-state index contributed by atoms with van der Waals surface area (Å²) in [5.74, 6) is 0.333. The number of aryl methyl sites for hydroxylation is 1. The number of pyridine rings is 1. The second-order valence-electron chi connectivity index (χ2n) is 13.3. The third-order valence-electron chi connectivity index (χ3n) is 9.37. The second kappa shape index (κ2) is 16.9. The molecule has 274 valence electrons. The molecule has 1 fully saturated rings. The minimum atomic E-state index is -0.378. The number of anilines is 4. The first-order valence-corrected chi connectivity index (χ1v) is 19.5. The summed E-state index contributed by atoms with van der Waals surface area (Å²) in [7, 11) is 2.16. The summed E-state index contributed by atoms with van der Waals surface area (Å²) in [5.41, 5.74) is 5.07. The zero-order valence-corrected chi connectivity index (χ0v) is 31.6. The van der Waals surface area contributed by atoms with Gasteiger partial charge in [0.2, 0.25) is 5.95 Å². The van der Waals surface area contributed by atoms with Crippen LogP contribution in [0.15, 0.2) is 103 Å². The van der Waals surface area contributed by atoms with E-state index in [1.165, 1.54) is 36.6 Å². The molecule has 1 saturated heterocycles. The van der Waals surface area contributed by atoms with Gasteiger partial charge in [-0.3, -0.25) is 19.4 Å². The molecule has 3 amide bonds. The van der Waals surface area contributed by atoms with E-state index in [9.17, 15) is 14.4 Å². The highest BCUT2D eigenvalue weighted by Crippen LogP contribution is 2.32. The lowest BCUT2D eigenvalue weighted by Gasteiger charge is -2.28. The van der Waals surface area contributed by atoms with Crippen molar-refractivity contribution in [3.05, 3.63) is 124 Å². The second-order valence-corrected chi connectivity index (χ2v) is 15.3. The van der Waals surface area contributed by atoms with E-state index in [-0.39, 0.29) is 17.7 Å². The minimum absolute atomic E-state index is 0.0736. The van der Waals surface area contributed by atoms with Gasteiger partial charge in [0.1, 0.15) is 0 Å². The van der Waals surface area contributed by atoms with Gasteiger partial charge in [0, 0.05) is 51.2 Å². The first kappa shape index (κ1) is 36.6. The number of rotatable bonds is 12. The van der Waals surface area contributed by atoms with Crippen molar-refractivity contribution in [1.82, 2.24) is 25.2 Å². The maximum Gasteiger partial charge on any atom is 0.265 e. The van der Waals surface area contributed by atoms with Gasteiger partial charge in [-0.2, -0.15) is 0 Å². The van der Waals surface area contributed by atoms with Gasteiger partial charge in [-0.25, -0.2) is 9.97 Å². The first-order valence-electron chi connectivity index (χ1n) is 17.8. The van der Waals surface area contributed by atoms with Crippen LogP contribution in [0.4, 0.5) is 23.0 Å². The molecule has 4 N–H and O–H groups in total. The Hall–Kier alpha value is -5.76. The van der Waals surface area contributed by atoms with E-state index in [4.69, 9.17) is 4.98 Å². The molecule has 1 aliphatic rings. The van der Waals surface area contributed by atoms with Crippen LogP contribution in [0.5, 0.6) is 0 Å². The number of amides is 3. The Morgan fingerprint density at radius 3 is 2.44 bits per heavy atom. The normalized spacial score (nSPS) is 13.3. The van der Waals surface area contributed by atoms with Crippen LogP contribution in [-0.2, 0) is 0 Å². The van der Waals surface area contributed by atoms with E-state index in [2.05, 4.69) is 43.2 Å². The average Bonchev–Trinajstić information content (AvgIpc) is 3.91. The lowest BCUT2D eigenvalue weighted by molar-refractivity contribution is 0.0947. The molecule has 0 aliphatic carbocycles. The van der Waals surface area contributed by atoms with Gasteiger partial charge in [-0.1, -0.05) is 24.3 Å². The molecule has 4 aromatic heterocycles. The summed E-state index contributed by atoms with van der Waals surface area (Å²) in [6.07, 6.45) is 8.01. The van der Waals surface area contributed by atoms with Crippen LogP contribution in [0.1, 0.15) is 55.2 Å². The van der Waals surface area contributed by atoms with Crippen molar-refractivity contribution in [3.8, 4) is 21.0 Å². The summed E-state index contributed by atoms with van der Waals surface area (Å²) >= 11 is 3.03. The summed E-state index contributed by atoms with van der Waals surface area (Å²) in [6, 6.07) is 24.0. The monoisotopic (exact) mass is 756 g/mol. The molecule has 7 rings (SSSR count). The fraction of sp³-hybridized carbons (Fsp3) is 0.220. The average molecular weight is 757 g/mol. The van der Waals surface area contributed by atoms with E-state index < -0.39 is 0 Å². The van der Waals surface area contributed by atoms with Gasteiger partial charge >= 0.3 is 0 Å². The van der Waals surface area contributed by atoms with Crippen LogP contribution < -0.4 is 21.3 Å². The highest BCUT2D eigenvalue weighted by atomic mass is 32.1. The highest BCUT2D eigenvalue weighted by molar-refractivity contribution is 7.22. The lowest BCUT2D eigenvalue weighted by atomic mass is 9.94. The zero-order chi connectivity index (χ0) is 37.4. The summed E-state index contributed by atoms with van der Waals surface area (Å²) in [4.78, 5) is 57.4. The Labute approximate surface area is 321 Å². The van der Waals surface area contributed by atoms with Gasteiger partial charge in [-0.05, 0) is 118 Å². The van der Waals surface area contributed by atoms with Crippen LogP contribution in [0.25, 0.3) is 21.0 Å². The van der Waals surface area contributed by atoms with Gasteiger partial charge in [0.05, 0.1) is 28.0 Å². The summed E-state index contributed by atoms with van der Waals surface area (Å²) in [6.45, 7) is 4.87. The molecule has 11 nitrogen and oxygen atoms in total. The van der Waals surface area contributed by atoms with Gasteiger partial charge < -0.3 is 26.2 Å². The first-order chi connectivity index (χ1) is 26.3. The third kappa shape index (κ3) is 9.23. The number of carbonyl (C=O) groups excluding carboxylic acids is 3. The fourth-order valence-corrected chi connectivity index (χ4v) is 7.94. The topological polar surface area (TPSA) is 141 Å². The molecule has 0 spiro atoms. The van der Waals surface area contributed by atoms with Crippen LogP contribution in [0.2, 0.25) is 0 Å². The molecule has 5 heterocycles. The van der Waals surface area contributed by atoms with E-state index in [0.29, 0.717) is 57.2 Å². The summed E-state index contributed by atoms with van der Waals surface area (Å²) < 4.78 is 0. The molecule has 0 saturated carbocycles. The number of hydrogen-bond donors (Lipinski definition) is 4. The lowest BCUT2D eigenvalue weighted by Crippen LogP contribution is -2.32. The maximum atomic E-state index is 13.3. The van der Waals surface area contributed by atoms with E-state index in [1.54, 1.807) is 29.7 Å². The van der Waals surface area contributed by atoms with Crippen molar-refractivity contribution in [3.63, 3.8) is 0 Å². The number of aromatic nitrogens is 3. The largest absolute Gasteiger partial charge is 0.352 e. The third-order valence-corrected chi connectivity index (χ3v) is 11.5. The van der Waals surface area contributed by atoms with Crippen LogP contribution >= 0.6 is 22.7 Å². The Morgan fingerprint density at radius 2 is 1.65 bits per heavy atom. The Morgan fingerprint density at radius 1 is 0.833 bits per heavy atom. The number of hydrogen-bond acceptors (Lipinski definition) is 10. The molecule has 1 aliphatic heterocycles. The van der Waals surface area contributed by atoms with Crippen molar-refractivity contribution in [2.45, 2.75) is 26.2 Å². The molecule has 0 unspecified atom stereocenters. The molecule has 0 radical (unpaired) electrons. The van der Waals surface area contributed by atoms with Crippen LogP contribution in [0.3, 0.4) is 0 Å². The number of thiophene rings is 2.